The van der Waals surface area contributed by atoms with Crippen LogP contribution < -0.4 is 10.1 Å². The molecule has 2 rings (SSSR count). The second-order valence-corrected chi connectivity index (χ2v) is 7.18. The number of rotatable bonds is 7. The maximum Gasteiger partial charge on any atom is 0.266 e. The van der Waals surface area contributed by atoms with Gasteiger partial charge in [0, 0.05) is 10.8 Å². The molecule has 22 heavy (non-hydrogen) atoms. The van der Waals surface area contributed by atoms with Crippen LogP contribution in [0.4, 0.5) is 5.13 Å². The number of hydrogen-bond acceptors (Lipinski definition) is 6. The summed E-state index contributed by atoms with van der Waals surface area (Å²) in [5, 5.41) is 11.8. The van der Waals surface area contributed by atoms with Crippen LogP contribution in [0.3, 0.4) is 0 Å². The maximum atomic E-state index is 12.1. The standard InChI is InChI=1S/C14H16ClN3O2S2/c1-3-8-21-14-18-17-13(22-14)16-12(19)9(2)20-11-6-4-10(15)5-7-11/h4-7,9H,3,8H2,1-2H3,(H,16,17,19)/t9-/m0/s1. The summed E-state index contributed by atoms with van der Waals surface area (Å²) in [6.07, 6.45) is 0.426. The molecule has 5 nitrogen and oxygen atoms in total. The number of nitrogens with one attached hydrogen (secondary N) is 1. The molecule has 2 aromatic rings. The third-order valence-corrected chi connectivity index (χ3v) is 4.99. The zero-order valence-corrected chi connectivity index (χ0v) is 14.6. The van der Waals surface area contributed by atoms with Crippen LogP contribution in [0.25, 0.3) is 0 Å². The van der Waals surface area contributed by atoms with Crippen molar-refractivity contribution in [2.75, 3.05) is 11.1 Å². The van der Waals surface area contributed by atoms with Crippen molar-refractivity contribution in [3.63, 3.8) is 0 Å². The lowest BCUT2D eigenvalue weighted by Crippen LogP contribution is -2.30. The number of carbonyl (C=O) groups excluding carboxylic acids is 1. The number of anilines is 1. The largest absolute Gasteiger partial charge is 0.481 e. The van der Waals surface area contributed by atoms with Crippen molar-refractivity contribution in [1.82, 2.24) is 10.2 Å². The third kappa shape index (κ3) is 5.15. The molecule has 0 aliphatic rings. The Kier molecular flexibility index (Phi) is 6.48. The number of ether oxygens (including phenoxy) is 1. The minimum absolute atomic E-state index is 0.266. The Morgan fingerprint density at radius 1 is 1.41 bits per heavy atom. The van der Waals surface area contributed by atoms with Gasteiger partial charge in [-0.2, -0.15) is 0 Å². The van der Waals surface area contributed by atoms with E-state index in [1.165, 1.54) is 11.3 Å². The zero-order chi connectivity index (χ0) is 15.9. The highest BCUT2D eigenvalue weighted by molar-refractivity contribution is 8.01. The third-order valence-electron chi connectivity index (χ3n) is 2.56. The molecule has 1 aromatic carbocycles. The minimum Gasteiger partial charge on any atom is -0.481 e. The number of benzene rings is 1. The molecular formula is C14H16ClN3O2S2. The van der Waals surface area contributed by atoms with E-state index in [1.807, 2.05) is 0 Å². The smallest absolute Gasteiger partial charge is 0.266 e. The van der Waals surface area contributed by atoms with E-state index in [0.29, 0.717) is 15.9 Å². The number of halogens is 1. The molecule has 0 aliphatic carbocycles. The van der Waals surface area contributed by atoms with Crippen molar-refractivity contribution in [3.8, 4) is 5.75 Å². The van der Waals surface area contributed by atoms with Crippen LogP contribution in [0.2, 0.25) is 5.02 Å². The Labute approximate surface area is 142 Å². The first-order valence-electron chi connectivity index (χ1n) is 6.78. The van der Waals surface area contributed by atoms with Gasteiger partial charge in [-0.15, -0.1) is 10.2 Å². The molecule has 1 heterocycles. The molecule has 0 unspecified atom stereocenters. The number of thioether (sulfide) groups is 1. The zero-order valence-electron chi connectivity index (χ0n) is 12.2. The molecule has 1 atom stereocenters. The Bertz CT molecular complexity index is 619. The van der Waals surface area contributed by atoms with E-state index < -0.39 is 6.10 Å². The Morgan fingerprint density at radius 2 is 2.14 bits per heavy atom. The normalized spacial score (nSPS) is 12.0. The van der Waals surface area contributed by atoms with Crippen molar-refractivity contribution in [2.24, 2.45) is 0 Å². The first-order chi connectivity index (χ1) is 10.6. The summed E-state index contributed by atoms with van der Waals surface area (Å²) >= 11 is 8.80. The molecular weight excluding hydrogens is 342 g/mol. The van der Waals surface area contributed by atoms with Gasteiger partial charge in [0.1, 0.15) is 5.75 Å². The Morgan fingerprint density at radius 3 is 2.82 bits per heavy atom. The van der Waals surface area contributed by atoms with Crippen molar-refractivity contribution >= 4 is 45.7 Å². The predicted molar refractivity (Wildman–Crippen MR) is 91.1 cm³/mol. The Hall–Kier alpha value is -1.31. The van der Waals surface area contributed by atoms with Crippen LogP contribution in [-0.2, 0) is 4.79 Å². The molecule has 0 spiro atoms. The van der Waals surface area contributed by atoms with Gasteiger partial charge in [-0.25, -0.2) is 0 Å². The maximum absolute atomic E-state index is 12.1. The van der Waals surface area contributed by atoms with E-state index in [2.05, 4.69) is 22.4 Å². The second kappa shape index (κ2) is 8.36. The van der Waals surface area contributed by atoms with Gasteiger partial charge in [-0.1, -0.05) is 41.6 Å². The van der Waals surface area contributed by atoms with Crippen LogP contribution in [0, 0.1) is 0 Å². The number of aromatic nitrogens is 2. The molecule has 1 aromatic heterocycles. The number of carbonyl (C=O) groups is 1. The van der Waals surface area contributed by atoms with Gasteiger partial charge in [0.25, 0.3) is 5.91 Å². The van der Waals surface area contributed by atoms with Gasteiger partial charge in [-0.3, -0.25) is 10.1 Å². The Balaban J connectivity index is 1.88. The van der Waals surface area contributed by atoms with Gasteiger partial charge >= 0.3 is 0 Å². The van der Waals surface area contributed by atoms with Gasteiger partial charge in [0.15, 0.2) is 10.4 Å². The first-order valence-corrected chi connectivity index (χ1v) is 8.96. The second-order valence-electron chi connectivity index (χ2n) is 4.42. The monoisotopic (exact) mass is 357 g/mol. The fraction of sp³-hybridized carbons (Fsp3) is 0.357. The van der Waals surface area contributed by atoms with E-state index in [0.717, 1.165) is 16.5 Å². The summed E-state index contributed by atoms with van der Waals surface area (Å²) in [6, 6.07) is 6.86. The summed E-state index contributed by atoms with van der Waals surface area (Å²) in [7, 11) is 0. The highest BCUT2D eigenvalue weighted by Gasteiger charge is 2.17. The van der Waals surface area contributed by atoms with Gasteiger partial charge < -0.3 is 4.74 Å². The van der Waals surface area contributed by atoms with Crippen LogP contribution in [0.5, 0.6) is 5.75 Å². The summed E-state index contributed by atoms with van der Waals surface area (Å²) < 4.78 is 6.41. The van der Waals surface area contributed by atoms with E-state index in [9.17, 15) is 4.79 Å². The molecule has 0 aliphatic heterocycles. The van der Waals surface area contributed by atoms with Crippen LogP contribution in [0.15, 0.2) is 28.6 Å². The summed E-state index contributed by atoms with van der Waals surface area (Å²) in [5.41, 5.74) is 0. The van der Waals surface area contributed by atoms with E-state index in [1.54, 1.807) is 43.0 Å². The lowest BCUT2D eigenvalue weighted by atomic mass is 10.3. The van der Waals surface area contributed by atoms with Gasteiger partial charge in [0.2, 0.25) is 5.13 Å². The molecule has 1 amide bonds. The molecule has 1 N–H and O–H groups in total. The molecule has 118 valence electrons. The lowest BCUT2D eigenvalue weighted by molar-refractivity contribution is -0.122. The fourth-order valence-electron chi connectivity index (χ4n) is 1.49. The first kappa shape index (κ1) is 17.1. The molecule has 0 saturated heterocycles. The molecule has 0 bridgehead atoms. The average Bonchev–Trinajstić information content (AvgIpc) is 2.95. The minimum atomic E-state index is -0.642. The molecule has 0 saturated carbocycles. The summed E-state index contributed by atoms with van der Waals surface area (Å²) in [5.74, 6) is 1.31. The topological polar surface area (TPSA) is 64.1 Å². The highest BCUT2D eigenvalue weighted by atomic mass is 35.5. The van der Waals surface area contributed by atoms with Gasteiger partial charge in [-0.05, 0) is 37.6 Å². The fourth-order valence-corrected chi connectivity index (χ4v) is 3.29. The molecule has 8 heteroatoms. The van der Waals surface area contributed by atoms with Crippen LogP contribution >= 0.6 is 34.7 Å². The summed E-state index contributed by atoms with van der Waals surface area (Å²) in [4.78, 5) is 12.1. The van der Waals surface area contributed by atoms with E-state index >= 15 is 0 Å². The predicted octanol–water partition coefficient (Wildman–Crippen LogP) is 4.10. The lowest BCUT2D eigenvalue weighted by Gasteiger charge is -2.13. The van der Waals surface area contributed by atoms with E-state index in [-0.39, 0.29) is 5.91 Å². The van der Waals surface area contributed by atoms with Crippen molar-refractivity contribution in [3.05, 3.63) is 29.3 Å². The van der Waals surface area contributed by atoms with Crippen molar-refractivity contribution in [2.45, 2.75) is 30.7 Å². The quantitative estimate of drug-likeness (QED) is 0.597. The average molecular weight is 358 g/mol. The summed E-state index contributed by atoms with van der Waals surface area (Å²) in [6.45, 7) is 3.78. The molecule has 0 fully saturated rings. The highest BCUT2D eigenvalue weighted by Crippen LogP contribution is 2.26. The van der Waals surface area contributed by atoms with Crippen LogP contribution in [-0.4, -0.2) is 28.0 Å². The number of nitrogens with zero attached hydrogens (tertiary/aromatic N) is 2. The number of amides is 1. The van der Waals surface area contributed by atoms with Crippen molar-refractivity contribution < 1.29 is 9.53 Å². The van der Waals surface area contributed by atoms with E-state index in [4.69, 9.17) is 16.3 Å². The molecule has 0 radical (unpaired) electrons. The van der Waals surface area contributed by atoms with Crippen molar-refractivity contribution in [1.29, 1.82) is 0 Å². The number of hydrogen-bond donors (Lipinski definition) is 1. The van der Waals surface area contributed by atoms with Crippen LogP contribution in [0.1, 0.15) is 20.3 Å². The SMILES string of the molecule is CCCSc1nnc(NC(=O)[C@H](C)Oc2ccc(Cl)cc2)s1. The van der Waals surface area contributed by atoms with Gasteiger partial charge in [0.05, 0.1) is 0 Å².